The molecule has 1 heterocycles. The van der Waals surface area contributed by atoms with Crippen molar-refractivity contribution in [2.45, 2.75) is 38.8 Å². The minimum atomic E-state index is 0.188. The van der Waals surface area contributed by atoms with Crippen LogP contribution in [0, 0.1) is 0 Å². The topological polar surface area (TPSA) is 32.5 Å². The molecule has 0 spiro atoms. The Labute approximate surface area is 123 Å². The van der Waals surface area contributed by atoms with Crippen molar-refractivity contribution in [2.75, 3.05) is 32.7 Å². The molecule has 1 aliphatic heterocycles. The van der Waals surface area contributed by atoms with Crippen LogP contribution < -0.4 is 5.73 Å². The van der Waals surface area contributed by atoms with E-state index < -0.39 is 0 Å². The molecule has 2 N–H and O–H groups in total. The number of piperazine rings is 1. The molecule has 1 aliphatic rings. The van der Waals surface area contributed by atoms with Crippen LogP contribution in [0.2, 0.25) is 0 Å². The Hall–Kier alpha value is -0.900. The Kier molecular flexibility index (Phi) is 6.02. The SMILES string of the molecule is CC(C)N1CCN(CCCC(N)c2ccccc2)CC1. The quantitative estimate of drug-likeness (QED) is 0.866. The summed E-state index contributed by atoms with van der Waals surface area (Å²) in [5.74, 6) is 0. The normalized spacial score (nSPS) is 19.4. The molecule has 20 heavy (non-hydrogen) atoms. The Balaban J connectivity index is 1.65. The zero-order valence-corrected chi connectivity index (χ0v) is 13.0. The monoisotopic (exact) mass is 275 g/mol. The van der Waals surface area contributed by atoms with E-state index in [4.69, 9.17) is 5.73 Å². The maximum atomic E-state index is 6.25. The van der Waals surface area contributed by atoms with Gasteiger partial charge in [0.25, 0.3) is 0 Å². The lowest BCUT2D eigenvalue weighted by molar-refractivity contribution is 0.107. The van der Waals surface area contributed by atoms with Gasteiger partial charge < -0.3 is 10.6 Å². The van der Waals surface area contributed by atoms with E-state index in [-0.39, 0.29) is 6.04 Å². The van der Waals surface area contributed by atoms with Gasteiger partial charge in [0, 0.05) is 38.3 Å². The molecule has 0 saturated carbocycles. The lowest BCUT2D eigenvalue weighted by atomic mass is 10.0. The highest BCUT2D eigenvalue weighted by atomic mass is 15.3. The van der Waals surface area contributed by atoms with Crippen LogP contribution in [0.15, 0.2) is 30.3 Å². The van der Waals surface area contributed by atoms with Gasteiger partial charge in [-0.1, -0.05) is 30.3 Å². The fraction of sp³-hybridized carbons (Fsp3) is 0.647. The minimum absolute atomic E-state index is 0.188. The van der Waals surface area contributed by atoms with E-state index >= 15 is 0 Å². The number of nitrogens with two attached hydrogens (primary N) is 1. The molecule has 0 radical (unpaired) electrons. The summed E-state index contributed by atoms with van der Waals surface area (Å²) in [6.07, 6.45) is 2.27. The Morgan fingerprint density at radius 3 is 2.30 bits per heavy atom. The van der Waals surface area contributed by atoms with Crippen molar-refractivity contribution in [1.29, 1.82) is 0 Å². The van der Waals surface area contributed by atoms with Crippen molar-refractivity contribution in [2.24, 2.45) is 5.73 Å². The van der Waals surface area contributed by atoms with Crippen molar-refractivity contribution in [3.63, 3.8) is 0 Å². The first-order chi connectivity index (χ1) is 9.66. The molecule has 3 nitrogen and oxygen atoms in total. The van der Waals surface area contributed by atoms with E-state index in [0.717, 1.165) is 6.42 Å². The largest absolute Gasteiger partial charge is 0.324 e. The van der Waals surface area contributed by atoms with Gasteiger partial charge in [-0.15, -0.1) is 0 Å². The first-order valence-corrected chi connectivity index (χ1v) is 7.93. The third-order valence-corrected chi connectivity index (χ3v) is 4.35. The van der Waals surface area contributed by atoms with Gasteiger partial charge in [-0.3, -0.25) is 4.90 Å². The van der Waals surface area contributed by atoms with Crippen molar-refractivity contribution in [3.8, 4) is 0 Å². The van der Waals surface area contributed by atoms with Gasteiger partial charge in [0.1, 0.15) is 0 Å². The Bertz CT molecular complexity index is 369. The van der Waals surface area contributed by atoms with E-state index in [1.165, 1.54) is 44.7 Å². The lowest BCUT2D eigenvalue weighted by Gasteiger charge is -2.37. The van der Waals surface area contributed by atoms with Crippen LogP contribution in [-0.2, 0) is 0 Å². The highest BCUT2D eigenvalue weighted by Crippen LogP contribution is 2.16. The molecular formula is C17H29N3. The van der Waals surface area contributed by atoms with E-state index in [1.54, 1.807) is 0 Å². The number of nitrogens with zero attached hydrogens (tertiary/aromatic N) is 2. The maximum Gasteiger partial charge on any atom is 0.0295 e. The van der Waals surface area contributed by atoms with Gasteiger partial charge in [0.15, 0.2) is 0 Å². The molecule has 0 aromatic heterocycles. The summed E-state index contributed by atoms with van der Waals surface area (Å²) in [7, 11) is 0. The van der Waals surface area contributed by atoms with Crippen molar-refractivity contribution in [3.05, 3.63) is 35.9 Å². The zero-order valence-electron chi connectivity index (χ0n) is 13.0. The maximum absolute atomic E-state index is 6.25. The molecule has 1 atom stereocenters. The van der Waals surface area contributed by atoms with Gasteiger partial charge in [0.05, 0.1) is 0 Å². The predicted octanol–water partition coefficient (Wildman–Crippen LogP) is 2.49. The van der Waals surface area contributed by atoms with Crippen LogP contribution in [0.1, 0.15) is 38.3 Å². The molecule has 1 unspecified atom stereocenters. The van der Waals surface area contributed by atoms with Crippen LogP contribution in [0.4, 0.5) is 0 Å². The highest BCUT2D eigenvalue weighted by Gasteiger charge is 2.18. The molecule has 0 amide bonds. The van der Waals surface area contributed by atoms with Gasteiger partial charge in [-0.25, -0.2) is 0 Å². The third kappa shape index (κ3) is 4.58. The second-order valence-electron chi connectivity index (χ2n) is 6.13. The highest BCUT2D eigenvalue weighted by molar-refractivity contribution is 5.18. The third-order valence-electron chi connectivity index (χ3n) is 4.35. The van der Waals surface area contributed by atoms with Gasteiger partial charge >= 0.3 is 0 Å². The molecule has 1 saturated heterocycles. The van der Waals surface area contributed by atoms with E-state index in [9.17, 15) is 0 Å². The fourth-order valence-electron chi connectivity index (χ4n) is 2.91. The van der Waals surface area contributed by atoms with Gasteiger partial charge in [-0.2, -0.15) is 0 Å². The van der Waals surface area contributed by atoms with Gasteiger partial charge in [-0.05, 0) is 38.8 Å². The number of benzene rings is 1. The Morgan fingerprint density at radius 1 is 1.05 bits per heavy atom. The average Bonchev–Trinajstić information content (AvgIpc) is 2.48. The Morgan fingerprint density at radius 2 is 1.70 bits per heavy atom. The molecule has 1 fully saturated rings. The lowest BCUT2D eigenvalue weighted by Crippen LogP contribution is -2.48. The first-order valence-electron chi connectivity index (χ1n) is 7.93. The van der Waals surface area contributed by atoms with Crippen LogP contribution in [0.5, 0.6) is 0 Å². The molecular weight excluding hydrogens is 246 g/mol. The van der Waals surface area contributed by atoms with Crippen molar-refractivity contribution < 1.29 is 0 Å². The van der Waals surface area contributed by atoms with Crippen molar-refractivity contribution in [1.82, 2.24) is 9.80 Å². The number of hydrogen-bond acceptors (Lipinski definition) is 3. The van der Waals surface area contributed by atoms with Crippen molar-refractivity contribution >= 4 is 0 Å². The molecule has 3 heteroatoms. The van der Waals surface area contributed by atoms with E-state index in [0.29, 0.717) is 6.04 Å². The number of rotatable bonds is 6. The van der Waals surface area contributed by atoms with E-state index in [2.05, 4.69) is 47.9 Å². The molecule has 1 aromatic carbocycles. The first kappa shape index (κ1) is 15.5. The zero-order chi connectivity index (χ0) is 14.4. The summed E-state index contributed by atoms with van der Waals surface area (Å²) < 4.78 is 0. The average molecular weight is 275 g/mol. The minimum Gasteiger partial charge on any atom is -0.324 e. The molecule has 0 bridgehead atoms. The van der Waals surface area contributed by atoms with Crippen LogP contribution in [-0.4, -0.2) is 48.6 Å². The summed E-state index contributed by atoms with van der Waals surface area (Å²) >= 11 is 0. The summed E-state index contributed by atoms with van der Waals surface area (Å²) in [5.41, 5.74) is 7.51. The molecule has 0 aliphatic carbocycles. The van der Waals surface area contributed by atoms with Gasteiger partial charge in [0.2, 0.25) is 0 Å². The molecule has 2 rings (SSSR count). The standard InChI is InChI=1S/C17H29N3/c1-15(2)20-13-11-19(12-14-20)10-6-9-17(18)16-7-4-3-5-8-16/h3-5,7-8,15,17H,6,9-14,18H2,1-2H3. The summed E-state index contributed by atoms with van der Waals surface area (Å²) in [6, 6.07) is 11.3. The van der Waals surface area contributed by atoms with Crippen LogP contribution in [0.25, 0.3) is 0 Å². The van der Waals surface area contributed by atoms with E-state index in [1.807, 2.05) is 6.07 Å². The fourth-order valence-corrected chi connectivity index (χ4v) is 2.91. The predicted molar refractivity (Wildman–Crippen MR) is 85.8 cm³/mol. The van der Waals surface area contributed by atoms with Crippen LogP contribution in [0.3, 0.4) is 0 Å². The summed E-state index contributed by atoms with van der Waals surface area (Å²) in [6.45, 7) is 10.6. The smallest absolute Gasteiger partial charge is 0.0295 e. The summed E-state index contributed by atoms with van der Waals surface area (Å²) in [5, 5.41) is 0. The number of hydrogen-bond donors (Lipinski definition) is 1. The second kappa shape index (κ2) is 7.77. The second-order valence-corrected chi connectivity index (χ2v) is 6.13. The van der Waals surface area contributed by atoms with Crippen LogP contribution >= 0.6 is 0 Å². The molecule has 1 aromatic rings. The summed E-state index contributed by atoms with van der Waals surface area (Å²) in [4.78, 5) is 5.14. The molecule has 112 valence electrons.